The van der Waals surface area contributed by atoms with Crippen molar-refractivity contribution in [1.29, 1.82) is 0 Å². The van der Waals surface area contributed by atoms with E-state index in [1.54, 1.807) is 25.3 Å². The summed E-state index contributed by atoms with van der Waals surface area (Å²) in [5, 5.41) is 12.4. The number of amidine groups is 1. The van der Waals surface area contributed by atoms with Crippen molar-refractivity contribution in [2.24, 2.45) is 10.9 Å². The van der Waals surface area contributed by atoms with Gasteiger partial charge < -0.3 is 29.7 Å². The summed E-state index contributed by atoms with van der Waals surface area (Å²) in [6.07, 6.45) is 4.30. The highest BCUT2D eigenvalue weighted by Crippen LogP contribution is 2.50. The van der Waals surface area contributed by atoms with Crippen molar-refractivity contribution in [2.75, 3.05) is 19.7 Å². The van der Waals surface area contributed by atoms with Gasteiger partial charge >= 0.3 is 0 Å². The van der Waals surface area contributed by atoms with Gasteiger partial charge in [0, 0.05) is 30.2 Å². The van der Waals surface area contributed by atoms with E-state index in [0.29, 0.717) is 35.6 Å². The summed E-state index contributed by atoms with van der Waals surface area (Å²) in [7, 11) is 0. The first-order valence-corrected chi connectivity index (χ1v) is 14.9. The number of imidazole rings is 1. The number of aromatic nitrogens is 3. The number of rotatable bonds is 7. The standard InChI is InChI=1S/C31H31ClF2N6O4/c1-31(22-3-2-18(32)10-23(22)34)43-27-12-19(33)11-21(29(27)44-31)17-4-7-39(8-5-17)16-28-37-24-13-25(30(35)38-41)36-14-26(24)40(28)15-20-6-9-42-20/h2-3,10-14,17,20,41H,4-9,15-16H2,1H3,(H2,35,38)/t20-,31?/m0/s1. The predicted octanol–water partition coefficient (Wildman–Crippen LogP) is 5.27. The second kappa shape index (κ2) is 11.2. The third kappa shape index (κ3) is 5.20. The van der Waals surface area contributed by atoms with Crippen LogP contribution in [0.5, 0.6) is 11.5 Å². The summed E-state index contributed by atoms with van der Waals surface area (Å²) < 4.78 is 49.8. The van der Waals surface area contributed by atoms with E-state index in [-0.39, 0.29) is 34.2 Å². The smallest absolute Gasteiger partial charge is 0.278 e. The number of piperidine rings is 1. The molecule has 2 aromatic carbocycles. The summed E-state index contributed by atoms with van der Waals surface area (Å²) in [4.78, 5) is 11.6. The Balaban J connectivity index is 1.10. The van der Waals surface area contributed by atoms with E-state index in [1.165, 1.54) is 24.3 Å². The van der Waals surface area contributed by atoms with Crippen molar-refractivity contribution in [3.8, 4) is 11.5 Å². The average Bonchev–Trinajstić information content (AvgIpc) is 3.50. The topological polar surface area (TPSA) is 120 Å². The van der Waals surface area contributed by atoms with Crippen molar-refractivity contribution in [3.05, 3.63) is 81.9 Å². The molecule has 3 aliphatic heterocycles. The lowest BCUT2D eigenvalue weighted by molar-refractivity contribution is -0.0712. The van der Waals surface area contributed by atoms with Gasteiger partial charge in [-0.3, -0.25) is 9.88 Å². The largest absolute Gasteiger partial charge is 0.444 e. The molecule has 3 aliphatic rings. The molecule has 0 radical (unpaired) electrons. The monoisotopic (exact) mass is 624 g/mol. The van der Waals surface area contributed by atoms with Gasteiger partial charge in [-0.25, -0.2) is 13.8 Å². The summed E-state index contributed by atoms with van der Waals surface area (Å²) in [5.74, 6) is -0.935. The molecule has 2 saturated heterocycles. The maximum absolute atomic E-state index is 14.8. The molecule has 3 N–H and O–H groups in total. The molecule has 0 saturated carbocycles. The van der Waals surface area contributed by atoms with Crippen LogP contribution in [0.2, 0.25) is 5.02 Å². The predicted molar refractivity (Wildman–Crippen MR) is 158 cm³/mol. The van der Waals surface area contributed by atoms with Crippen LogP contribution in [0, 0.1) is 11.6 Å². The number of hydrogen-bond acceptors (Lipinski definition) is 8. The van der Waals surface area contributed by atoms with Crippen molar-refractivity contribution in [2.45, 2.75) is 57.1 Å². The van der Waals surface area contributed by atoms with E-state index in [9.17, 15) is 8.78 Å². The molecule has 2 atom stereocenters. The molecule has 0 aliphatic carbocycles. The number of hydrogen-bond donors (Lipinski definition) is 2. The molecule has 0 spiro atoms. The highest BCUT2D eigenvalue weighted by Gasteiger charge is 2.43. The molecule has 44 heavy (non-hydrogen) atoms. The van der Waals surface area contributed by atoms with Crippen LogP contribution in [0.4, 0.5) is 8.78 Å². The van der Waals surface area contributed by atoms with Gasteiger partial charge in [0.1, 0.15) is 23.2 Å². The van der Waals surface area contributed by atoms with E-state index < -0.39 is 17.4 Å². The van der Waals surface area contributed by atoms with Gasteiger partial charge in [-0.2, -0.15) is 0 Å². The molecular formula is C31H31ClF2N6O4. The van der Waals surface area contributed by atoms with Gasteiger partial charge in [-0.05, 0) is 68.6 Å². The first kappa shape index (κ1) is 28.8. The van der Waals surface area contributed by atoms with Crippen molar-refractivity contribution in [1.82, 2.24) is 19.4 Å². The number of oxime groups is 1. The summed E-state index contributed by atoms with van der Waals surface area (Å²) >= 11 is 5.95. The molecule has 0 bridgehead atoms. The first-order chi connectivity index (χ1) is 21.2. The van der Waals surface area contributed by atoms with Crippen LogP contribution in [-0.4, -0.2) is 56.3 Å². The Hall–Kier alpha value is -4.00. The number of nitrogens with two attached hydrogens (primary N) is 1. The Morgan fingerprint density at radius 1 is 1.16 bits per heavy atom. The van der Waals surface area contributed by atoms with E-state index >= 15 is 0 Å². The molecule has 4 aromatic rings. The minimum atomic E-state index is -1.45. The van der Waals surface area contributed by atoms with E-state index in [4.69, 9.17) is 41.7 Å². The second-order valence-corrected chi connectivity index (χ2v) is 12.0. The molecule has 2 aromatic heterocycles. The Kier molecular flexibility index (Phi) is 7.30. The zero-order valence-electron chi connectivity index (χ0n) is 24.0. The fourth-order valence-corrected chi connectivity index (χ4v) is 6.45. The number of likely N-dealkylation sites (tertiary alicyclic amines) is 1. The third-order valence-corrected chi connectivity index (χ3v) is 8.96. The van der Waals surface area contributed by atoms with Gasteiger partial charge in [0.25, 0.3) is 5.79 Å². The van der Waals surface area contributed by atoms with Crippen molar-refractivity contribution in [3.63, 3.8) is 0 Å². The summed E-state index contributed by atoms with van der Waals surface area (Å²) in [5.41, 5.74) is 8.57. The Labute approximate surface area is 257 Å². The highest BCUT2D eigenvalue weighted by atomic mass is 35.5. The molecule has 2 fully saturated rings. The lowest BCUT2D eigenvalue weighted by atomic mass is 9.88. The SMILES string of the molecule is CC1(c2ccc(Cl)cc2F)Oc2cc(F)cc(C3CCN(Cc4nc5cc(/C(N)=N/O)ncc5n4C[C@@H]4CCO4)CC3)c2O1. The molecule has 5 heterocycles. The quantitative estimate of drug-likeness (QED) is 0.124. The fourth-order valence-electron chi connectivity index (χ4n) is 6.29. The van der Waals surface area contributed by atoms with Crippen LogP contribution in [0.3, 0.4) is 0 Å². The van der Waals surface area contributed by atoms with Gasteiger partial charge in [0.05, 0.1) is 42.0 Å². The fraction of sp³-hybridized carbons (Fsp3) is 0.387. The van der Waals surface area contributed by atoms with Crippen LogP contribution in [-0.2, 0) is 23.6 Å². The van der Waals surface area contributed by atoms with Gasteiger partial charge in [0.2, 0.25) is 0 Å². The number of nitrogens with zero attached hydrogens (tertiary/aromatic N) is 5. The summed E-state index contributed by atoms with van der Waals surface area (Å²) in [6, 6.07) is 8.79. The molecule has 0 amide bonds. The Morgan fingerprint density at radius 2 is 1.95 bits per heavy atom. The lowest BCUT2D eigenvalue weighted by Gasteiger charge is -2.33. The van der Waals surface area contributed by atoms with Gasteiger partial charge in [-0.1, -0.05) is 16.8 Å². The van der Waals surface area contributed by atoms with E-state index in [2.05, 4.69) is 19.6 Å². The van der Waals surface area contributed by atoms with Crippen molar-refractivity contribution >= 4 is 28.5 Å². The number of benzene rings is 2. The van der Waals surface area contributed by atoms with Gasteiger partial charge in [0.15, 0.2) is 17.3 Å². The Bertz CT molecular complexity index is 1770. The molecule has 7 rings (SSSR count). The normalized spacial score (nSPS) is 22.5. The van der Waals surface area contributed by atoms with Crippen LogP contribution < -0.4 is 15.2 Å². The summed E-state index contributed by atoms with van der Waals surface area (Å²) in [6.45, 7) is 5.12. The first-order valence-electron chi connectivity index (χ1n) is 14.5. The molecule has 230 valence electrons. The minimum absolute atomic E-state index is 0.0198. The molecule has 13 heteroatoms. The molecular weight excluding hydrogens is 594 g/mol. The van der Waals surface area contributed by atoms with Crippen LogP contribution in [0.25, 0.3) is 11.0 Å². The minimum Gasteiger partial charge on any atom is -0.444 e. The van der Waals surface area contributed by atoms with Crippen LogP contribution in [0.1, 0.15) is 54.7 Å². The maximum atomic E-state index is 14.8. The number of pyridine rings is 1. The van der Waals surface area contributed by atoms with Crippen molar-refractivity contribution < 1.29 is 28.2 Å². The second-order valence-electron chi connectivity index (χ2n) is 11.6. The zero-order valence-corrected chi connectivity index (χ0v) is 24.7. The highest BCUT2D eigenvalue weighted by molar-refractivity contribution is 6.30. The lowest BCUT2D eigenvalue weighted by Crippen LogP contribution is -2.35. The molecule has 10 nitrogen and oxygen atoms in total. The van der Waals surface area contributed by atoms with Gasteiger partial charge in [-0.15, -0.1) is 0 Å². The Morgan fingerprint density at radius 3 is 2.66 bits per heavy atom. The third-order valence-electron chi connectivity index (χ3n) is 8.73. The van der Waals surface area contributed by atoms with E-state index in [0.717, 1.165) is 50.3 Å². The van der Waals surface area contributed by atoms with Crippen LogP contribution in [0.15, 0.2) is 47.8 Å². The number of halogens is 3. The zero-order chi connectivity index (χ0) is 30.6. The maximum Gasteiger partial charge on any atom is 0.278 e. The number of ether oxygens (including phenoxy) is 3. The molecule has 1 unspecified atom stereocenters. The van der Waals surface area contributed by atoms with E-state index in [1.807, 2.05) is 0 Å². The average molecular weight is 625 g/mol. The number of fused-ring (bicyclic) bond motifs is 2. The van der Waals surface area contributed by atoms with Crippen LogP contribution >= 0.6 is 11.6 Å².